The molecule has 1 heterocycles. The fourth-order valence-corrected chi connectivity index (χ4v) is 1.34. The summed E-state index contributed by atoms with van der Waals surface area (Å²) in [4.78, 5) is 15.6. The molecule has 1 amide bonds. The van der Waals surface area contributed by atoms with Gasteiger partial charge in [0.2, 0.25) is 11.8 Å². The summed E-state index contributed by atoms with van der Waals surface area (Å²) < 4.78 is 5.36. The number of rotatable bonds is 4. The molecule has 4 nitrogen and oxygen atoms in total. The highest BCUT2D eigenvalue weighted by Gasteiger charge is 2.18. The van der Waals surface area contributed by atoms with Crippen LogP contribution in [0.3, 0.4) is 0 Å². The molecule has 90 valence electrons. The molecule has 0 aromatic carbocycles. The Hall–Kier alpha value is -0.840. The summed E-state index contributed by atoms with van der Waals surface area (Å²) in [5, 5.41) is 2.78. The molecular formula is C11H17BrN2O2. The zero-order chi connectivity index (χ0) is 12.3. The molecule has 0 saturated carbocycles. The minimum absolute atomic E-state index is 0.0384. The quantitative estimate of drug-likeness (QED) is 0.865. The molecule has 0 spiro atoms. The van der Waals surface area contributed by atoms with Gasteiger partial charge in [-0.15, -0.1) is 0 Å². The van der Waals surface area contributed by atoms with Gasteiger partial charge in [0.15, 0.2) is 0 Å². The zero-order valence-electron chi connectivity index (χ0n) is 10.0. The van der Waals surface area contributed by atoms with E-state index in [1.807, 2.05) is 27.7 Å². The van der Waals surface area contributed by atoms with Crippen molar-refractivity contribution in [2.75, 3.05) is 0 Å². The second-order valence-corrected chi connectivity index (χ2v) is 5.10. The number of carbonyl (C=O) groups excluding carboxylic acids is 1. The van der Waals surface area contributed by atoms with Gasteiger partial charge in [-0.1, -0.05) is 29.8 Å². The first-order valence-corrected chi connectivity index (χ1v) is 6.18. The summed E-state index contributed by atoms with van der Waals surface area (Å²) >= 11 is 3.34. The van der Waals surface area contributed by atoms with Crippen molar-refractivity contribution in [1.82, 2.24) is 10.3 Å². The predicted molar refractivity (Wildman–Crippen MR) is 65.4 cm³/mol. The highest BCUT2D eigenvalue weighted by atomic mass is 79.9. The Labute approximate surface area is 104 Å². The van der Waals surface area contributed by atoms with Gasteiger partial charge >= 0.3 is 0 Å². The van der Waals surface area contributed by atoms with E-state index in [0.717, 1.165) is 11.5 Å². The number of halogens is 1. The molecule has 0 aliphatic heterocycles. The maximum absolute atomic E-state index is 11.6. The molecule has 1 unspecified atom stereocenters. The van der Waals surface area contributed by atoms with Crippen LogP contribution < -0.4 is 5.32 Å². The Balaban J connectivity index is 2.49. The molecule has 0 aliphatic carbocycles. The van der Waals surface area contributed by atoms with Crippen LogP contribution >= 0.6 is 15.9 Å². The molecule has 5 heteroatoms. The van der Waals surface area contributed by atoms with Crippen LogP contribution in [-0.4, -0.2) is 15.7 Å². The summed E-state index contributed by atoms with van der Waals surface area (Å²) in [5.41, 5.74) is 0.864. The Morgan fingerprint density at radius 2 is 2.12 bits per heavy atom. The molecule has 0 aliphatic rings. The Bertz CT molecular complexity index is 355. The van der Waals surface area contributed by atoms with Crippen LogP contribution in [0.1, 0.15) is 31.2 Å². The second kappa shape index (κ2) is 5.48. The van der Waals surface area contributed by atoms with E-state index < -0.39 is 0 Å². The molecule has 1 rings (SSSR count). The van der Waals surface area contributed by atoms with Crippen LogP contribution in [0.25, 0.3) is 0 Å². The fraction of sp³-hybridized carbons (Fsp3) is 0.636. The number of oxazole rings is 1. The number of hydrogen-bond donors (Lipinski definition) is 1. The lowest BCUT2D eigenvalue weighted by atomic mass is 10.1. The van der Waals surface area contributed by atoms with Crippen molar-refractivity contribution in [3.63, 3.8) is 0 Å². The van der Waals surface area contributed by atoms with E-state index in [1.54, 1.807) is 0 Å². The van der Waals surface area contributed by atoms with E-state index in [9.17, 15) is 4.79 Å². The molecule has 1 N–H and O–H groups in total. The molecule has 16 heavy (non-hydrogen) atoms. The SMILES string of the molecule is Cc1nc(CNC(=O)C(Br)C(C)C)oc1C. The van der Waals surface area contributed by atoms with Gasteiger partial charge in [-0.2, -0.15) is 0 Å². The number of amides is 1. The van der Waals surface area contributed by atoms with Gasteiger partial charge in [0.1, 0.15) is 5.76 Å². The monoisotopic (exact) mass is 288 g/mol. The fourth-order valence-electron chi connectivity index (χ4n) is 1.18. The average Bonchev–Trinajstić information content (AvgIpc) is 2.53. The van der Waals surface area contributed by atoms with Crippen molar-refractivity contribution >= 4 is 21.8 Å². The molecule has 0 fully saturated rings. The van der Waals surface area contributed by atoms with E-state index in [0.29, 0.717) is 12.4 Å². The number of carbonyl (C=O) groups is 1. The van der Waals surface area contributed by atoms with Crippen molar-refractivity contribution in [2.45, 2.75) is 39.1 Å². The smallest absolute Gasteiger partial charge is 0.234 e. The lowest BCUT2D eigenvalue weighted by Crippen LogP contribution is -2.33. The standard InChI is InChI=1S/C11H17BrN2O2/c1-6(2)10(12)11(15)13-5-9-14-7(3)8(4)16-9/h6,10H,5H2,1-4H3,(H,13,15). The molecule has 1 aromatic heterocycles. The highest BCUT2D eigenvalue weighted by Crippen LogP contribution is 2.12. The molecule has 0 saturated heterocycles. The second-order valence-electron chi connectivity index (χ2n) is 4.11. The van der Waals surface area contributed by atoms with Crippen LogP contribution in [0.15, 0.2) is 4.42 Å². The van der Waals surface area contributed by atoms with Crippen LogP contribution in [0, 0.1) is 19.8 Å². The number of hydrogen-bond acceptors (Lipinski definition) is 3. The number of nitrogens with zero attached hydrogens (tertiary/aromatic N) is 1. The lowest BCUT2D eigenvalue weighted by molar-refractivity contribution is -0.121. The molecule has 1 atom stereocenters. The largest absolute Gasteiger partial charge is 0.444 e. The third-order valence-electron chi connectivity index (χ3n) is 2.32. The minimum Gasteiger partial charge on any atom is -0.444 e. The van der Waals surface area contributed by atoms with E-state index in [-0.39, 0.29) is 16.7 Å². The normalized spacial score (nSPS) is 12.9. The van der Waals surface area contributed by atoms with Crippen molar-refractivity contribution in [2.24, 2.45) is 5.92 Å². The first-order valence-electron chi connectivity index (χ1n) is 5.26. The van der Waals surface area contributed by atoms with Gasteiger partial charge in [0, 0.05) is 0 Å². The number of aryl methyl sites for hydroxylation is 2. The van der Waals surface area contributed by atoms with E-state index in [1.165, 1.54) is 0 Å². The summed E-state index contributed by atoms with van der Waals surface area (Å²) in [6, 6.07) is 0. The Kier molecular flexibility index (Phi) is 4.53. The average molecular weight is 289 g/mol. The summed E-state index contributed by atoms with van der Waals surface area (Å²) in [5.74, 6) is 1.56. The van der Waals surface area contributed by atoms with Gasteiger partial charge in [0.25, 0.3) is 0 Å². The summed E-state index contributed by atoms with van der Waals surface area (Å²) in [6.45, 7) is 8.04. The van der Waals surface area contributed by atoms with Crippen molar-refractivity contribution in [1.29, 1.82) is 0 Å². The van der Waals surface area contributed by atoms with Crippen LogP contribution in [0.5, 0.6) is 0 Å². The zero-order valence-corrected chi connectivity index (χ0v) is 11.6. The first kappa shape index (κ1) is 13.2. The van der Waals surface area contributed by atoms with Crippen molar-refractivity contribution < 1.29 is 9.21 Å². The van der Waals surface area contributed by atoms with E-state index >= 15 is 0 Å². The molecule has 0 bridgehead atoms. The van der Waals surface area contributed by atoms with Gasteiger partial charge < -0.3 is 9.73 Å². The highest BCUT2D eigenvalue weighted by molar-refractivity contribution is 9.10. The lowest BCUT2D eigenvalue weighted by Gasteiger charge is -2.12. The van der Waals surface area contributed by atoms with E-state index in [4.69, 9.17) is 4.42 Å². The van der Waals surface area contributed by atoms with Crippen molar-refractivity contribution in [3.05, 3.63) is 17.3 Å². The van der Waals surface area contributed by atoms with Crippen molar-refractivity contribution in [3.8, 4) is 0 Å². The third-order valence-corrected chi connectivity index (χ3v) is 3.80. The maximum atomic E-state index is 11.6. The maximum Gasteiger partial charge on any atom is 0.234 e. The molecular weight excluding hydrogens is 272 g/mol. The number of alkyl halides is 1. The van der Waals surface area contributed by atoms with Crippen LogP contribution in [0.4, 0.5) is 0 Å². The van der Waals surface area contributed by atoms with Crippen LogP contribution in [-0.2, 0) is 11.3 Å². The van der Waals surface area contributed by atoms with E-state index in [2.05, 4.69) is 26.2 Å². The summed E-state index contributed by atoms with van der Waals surface area (Å²) in [6.07, 6.45) is 0. The Morgan fingerprint density at radius 3 is 2.56 bits per heavy atom. The Morgan fingerprint density at radius 1 is 1.50 bits per heavy atom. The third kappa shape index (κ3) is 3.33. The molecule has 0 radical (unpaired) electrons. The number of aromatic nitrogens is 1. The van der Waals surface area contributed by atoms with Gasteiger partial charge in [0.05, 0.1) is 17.1 Å². The molecule has 1 aromatic rings. The number of nitrogens with one attached hydrogen (secondary N) is 1. The van der Waals surface area contributed by atoms with Gasteiger partial charge in [-0.05, 0) is 19.8 Å². The van der Waals surface area contributed by atoms with Gasteiger partial charge in [-0.3, -0.25) is 4.79 Å². The first-order chi connectivity index (χ1) is 7.41. The van der Waals surface area contributed by atoms with Crippen LogP contribution in [0.2, 0.25) is 0 Å². The topological polar surface area (TPSA) is 55.1 Å². The summed E-state index contributed by atoms with van der Waals surface area (Å²) in [7, 11) is 0. The predicted octanol–water partition coefficient (Wildman–Crippen LogP) is 2.33. The minimum atomic E-state index is -0.176. The van der Waals surface area contributed by atoms with Gasteiger partial charge in [-0.25, -0.2) is 4.98 Å².